The summed E-state index contributed by atoms with van der Waals surface area (Å²) in [6.45, 7) is 2.92. The van der Waals surface area contributed by atoms with Crippen molar-refractivity contribution in [2.75, 3.05) is 26.2 Å². The normalized spacial score (nSPS) is 24.9. The molecule has 92 valence electrons. The molecular formula is C11H21N3O2. The molecule has 0 aromatic carbocycles. The summed E-state index contributed by atoms with van der Waals surface area (Å²) in [5, 5.41) is 9.39. The summed E-state index contributed by atoms with van der Waals surface area (Å²) in [5.74, 6) is 0. The van der Waals surface area contributed by atoms with Crippen molar-refractivity contribution < 1.29 is 9.90 Å². The number of piperidine rings is 2. The van der Waals surface area contributed by atoms with E-state index in [1.165, 1.54) is 0 Å². The van der Waals surface area contributed by atoms with Crippen LogP contribution in [0.5, 0.6) is 0 Å². The number of carbonyl (C=O) groups is 1. The number of hydrogen-bond acceptors (Lipinski definition) is 3. The number of amides is 2. The number of aliphatic hydroxyl groups excluding tert-OH is 1. The van der Waals surface area contributed by atoms with Crippen LogP contribution in [0.4, 0.5) is 4.79 Å². The van der Waals surface area contributed by atoms with Crippen LogP contribution in [0, 0.1) is 0 Å². The first kappa shape index (κ1) is 11.7. The van der Waals surface area contributed by atoms with E-state index in [0.717, 1.165) is 25.9 Å². The molecule has 2 rings (SSSR count). The van der Waals surface area contributed by atoms with Gasteiger partial charge in [-0.25, -0.2) is 4.79 Å². The van der Waals surface area contributed by atoms with E-state index in [2.05, 4.69) is 0 Å². The van der Waals surface area contributed by atoms with Gasteiger partial charge in [0, 0.05) is 32.2 Å². The minimum absolute atomic E-state index is 0.124. The second-order valence-corrected chi connectivity index (χ2v) is 4.83. The Kier molecular flexibility index (Phi) is 3.66. The largest absolute Gasteiger partial charge is 0.393 e. The van der Waals surface area contributed by atoms with Gasteiger partial charge in [0.2, 0.25) is 0 Å². The molecule has 0 aliphatic carbocycles. The Morgan fingerprint density at radius 1 is 1.00 bits per heavy atom. The minimum atomic E-state index is -0.223. The number of hydrogen-bond donors (Lipinski definition) is 2. The van der Waals surface area contributed by atoms with Gasteiger partial charge >= 0.3 is 6.03 Å². The number of likely N-dealkylation sites (tertiary alicyclic amines) is 2. The first-order chi connectivity index (χ1) is 7.66. The molecule has 0 radical (unpaired) electrons. The summed E-state index contributed by atoms with van der Waals surface area (Å²) >= 11 is 0. The van der Waals surface area contributed by atoms with Crippen molar-refractivity contribution in [3.8, 4) is 0 Å². The van der Waals surface area contributed by atoms with Gasteiger partial charge in [0.15, 0.2) is 0 Å². The molecule has 0 aromatic heterocycles. The van der Waals surface area contributed by atoms with Gasteiger partial charge < -0.3 is 20.6 Å². The van der Waals surface area contributed by atoms with E-state index < -0.39 is 0 Å². The maximum Gasteiger partial charge on any atom is 0.320 e. The highest BCUT2D eigenvalue weighted by molar-refractivity contribution is 5.74. The molecular weight excluding hydrogens is 206 g/mol. The third kappa shape index (κ3) is 2.65. The summed E-state index contributed by atoms with van der Waals surface area (Å²) in [7, 11) is 0. The lowest BCUT2D eigenvalue weighted by atomic mass is 10.1. The fourth-order valence-electron chi connectivity index (χ4n) is 2.35. The summed E-state index contributed by atoms with van der Waals surface area (Å²) in [6.07, 6.45) is 3.00. The van der Waals surface area contributed by atoms with E-state index in [-0.39, 0.29) is 18.2 Å². The van der Waals surface area contributed by atoms with Gasteiger partial charge in [-0.3, -0.25) is 0 Å². The van der Waals surface area contributed by atoms with Crippen molar-refractivity contribution in [1.29, 1.82) is 0 Å². The molecule has 3 N–H and O–H groups in total. The van der Waals surface area contributed by atoms with Crippen LogP contribution in [0.15, 0.2) is 0 Å². The lowest BCUT2D eigenvalue weighted by molar-refractivity contribution is 0.0780. The molecule has 0 unspecified atom stereocenters. The Balaban J connectivity index is 1.83. The lowest BCUT2D eigenvalue weighted by Gasteiger charge is -2.37. The van der Waals surface area contributed by atoms with E-state index >= 15 is 0 Å². The van der Waals surface area contributed by atoms with Crippen LogP contribution in [-0.2, 0) is 0 Å². The summed E-state index contributed by atoms with van der Waals surface area (Å²) < 4.78 is 0. The zero-order valence-electron chi connectivity index (χ0n) is 9.64. The summed E-state index contributed by atoms with van der Waals surface area (Å²) in [4.78, 5) is 15.8. The van der Waals surface area contributed by atoms with E-state index in [1.54, 1.807) is 0 Å². The number of aliphatic hydroxyl groups is 1. The maximum atomic E-state index is 12.1. The molecule has 2 heterocycles. The molecule has 2 saturated heterocycles. The molecule has 2 amide bonds. The van der Waals surface area contributed by atoms with Crippen molar-refractivity contribution in [3.05, 3.63) is 0 Å². The lowest BCUT2D eigenvalue weighted by Crippen LogP contribution is -2.51. The SMILES string of the molecule is NC1CCN(C(=O)N2CCC(O)CC2)CC1. The summed E-state index contributed by atoms with van der Waals surface area (Å²) in [5.41, 5.74) is 5.81. The Bertz CT molecular complexity index is 220. The van der Waals surface area contributed by atoms with Crippen molar-refractivity contribution >= 4 is 6.03 Å². The highest BCUT2D eigenvalue weighted by Gasteiger charge is 2.27. The number of nitrogens with two attached hydrogens (primary N) is 1. The fourth-order valence-corrected chi connectivity index (χ4v) is 2.35. The number of carbonyl (C=O) groups excluding carboxylic acids is 1. The standard InChI is InChI=1S/C11H21N3O2/c12-9-1-5-13(6-2-9)11(16)14-7-3-10(15)4-8-14/h9-10,15H,1-8,12H2. The van der Waals surface area contributed by atoms with Gasteiger partial charge in [-0.1, -0.05) is 0 Å². The fraction of sp³-hybridized carbons (Fsp3) is 0.909. The van der Waals surface area contributed by atoms with E-state index in [0.29, 0.717) is 25.9 Å². The van der Waals surface area contributed by atoms with Crippen LogP contribution in [0.3, 0.4) is 0 Å². The van der Waals surface area contributed by atoms with Crippen LogP contribution in [-0.4, -0.2) is 59.3 Å². The molecule has 5 nitrogen and oxygen atoms in total. The first-order valence-corrected chi connectivity index (χ1v) is 6.14. The first-order valence-electron chi connectivity index (χ1n) is 6.14. The second-order valence-electron chi connectivity index (χ2n) is 4.83. The number of urea groups is 1. The van der Waals surface area contributed by atoms with Crippen LogP contribution in [0.2, 0.25) is 0 Å². The van der Waals surface area contributed by atoms with Gasteiger partial charge in [-0.15, -0.1) is 0 Å². The van der Waals surface area contributed by atoms with Gasteiger partial charge in [-0.2, -0.15) is 0 Å². The molecule has 2 aliphatic heterocycles. The molecule has 0 atom stereocenters. The zero-order chi connectivity index (χ0) is 11.5. The number of rotatable bonds is 0. The molecule has 0 aromatic rings. The van der Waals surface area contributed by atoms with Gasteiger partial charge in [0.25, 0.3) is 0 Å². The van der Waals surface area contributed by atoms with E-state index in [4.69, 9.17) is 5.73 Å². The molecule has 0 bridgehead atoms. The van der Waals surface area contributed by atoms with Crippen LogP contribution in [0.25, 0.3) is 0 Å². The van der Waals surface area contributed by atoms with Crippen molar-refractivity contribution in [1.82, 2.24) is 9.80 Å². The second kappa shape index (κ2) is 5.01. The van der Waals surface area contributed by atoms with Crippen LogP contribution in [0.1, 0.15) is 25.7 Å². The minimum Gasteiger partial charge on any atom is -0.393 e. The van der Waals surface area contributed by atoms with Crippen molar-refractivity contribution in [2.24, 2.45) is 5.73 Å². The topological polar surface area (TPSA) is 69.8 Å². The van der Waals surface area contributed by atoms with Gasteiger partial charge in [0.1, 0.15) is 0 Å². The average Bonchev–Trinajstić information content (AvgIpc) is 2.30. The maximum absolute atomic E-state index is 12.1. The molecule has 0 saturated carbocycles. The number of nitrogens with zero attached hydrogens (tertiary/aromatic N) is 2. The Morgan fingerprint density at radius 2 is 1.44 bits per heavy atom. The van der Waals surface area contributed by atoms with Crippen molar-refractivity contribution in [2.45, 2.75) is 37.8 Å². The zero-order valence-corrected chi connectivity index (χ0v) is 9.64. The average molecular weight is 227 g/mol. The highest BCUT2D eigenvalue weighted by Crippen LogP contribution is 2.15. The van der Waals surface area contributed by atoms with Crippen LogP contribution >= 0.6 is 0 Å². The monoisotopic (exact) mass is 227 g/mol. The Morgan fingerprint density at radius 3 is 1.94 bits per heavy atom. The molecule has 0 spiro atoms. The van der Waals surface area contributed by atoms with E-state index in [1.807, 2.05) is 9.80 Å². The molecule has 5 heteroatoms. The molecule has 2 fully saturated rings. The van der Waals surface area contributed by atoms with Crippen LogP contribution < -0.4 is 5.73 Å². The third-order valence-corrected chi connectivity index (χ3v) is 3.55. The predicted octanol–water partition coefficient (Wildman–Crippen LogP) is -0.0138. The molecule has 16 heavy (non-hydrogen) atoms. The van der Waals surface area contributed by atoms with Gasteiger partial charge in [-0.05, 0) is 25.7 Å². The Hall–Kier alpha value is -0.810. The Labute approximate surface area is 96.2 Å². The van der Waals surface area contributed by atoms with Gasteiger partial charge in [0.05, 0.1) is 6.10 Å². The highest BCUT2D eigenvalue weighted by atomic mass is 16.3. The van der Waals surface area contributed by atoms with Crippen molar-refractivity contribution in [3.63, 3.8) is 0 Å². The van der Waals surface area contributed by atoms with E-state index in [9.17, 15) is 9.90 Å². The third-order valence-electron chi connectivity index (χ3n) is 3.55. The molecule has 2 aliphatic rings. The quantitative estimate of drug-likeness (QED) is 0.611. The predicted molar refractivity (Wildman–Crippen MR) is 61.0 cm³/mol. The summed E-state index contributed by atoms with van der Waals surface area (Å²) in [6, 6.07) is 0.381. The smallest absolute Gasteiger partial charge is 0.320 e.